The van der Waals surface area contributed by atoms with Crippen LogP contribution < -0.4 is 48.1 Å². The van der Waals surface area contributed by atoms with Crippen LogP contribution in [0.25, 0.3) is 0 Å². The normalized spacial score (nSPS) is 31.0. The number of aliphatic hydroxyl groups is 12. The highest BCUT2D eigenvalue weighted by Gasteiger charge is 2.53. The van der Waals surface area contributed by atoms with Crippen molar-refractivity contribution in [3.8, 4) is 5.75 Å². The molecule has 4 fully saturated rings. The molecule has 1 aliphatic carbocycles. The molecule has 0 radical (unpaired) electrons. The Morgan fingerprint density at radius 1 is 0.694 bits per heavy atom. The van der Waals surface area contributed by atoms with Crippen LogP contribution in [0.4, 0.5) is 0 Å². The Hall–Kier alpha value is -7.42. The Morgan fingerprint density at radius 3 is 1.96 bits per heavy atom. The number of amides is 5. The third-order valence-corrected chi connectivity index (χ3v) is 17.4. The van der Waals surface area contributed by atoms with Crippen molar-refractivity contribution >= 4 is 59.4 Å². The van der Waals surface area contributed by atoms with Crippen molar-refractivity contribution in [1.82, 2.24) is 31.9 Å². The zero-order chi connectivity index (χ0) is 71.2. The summed E-state index contributed by atoms with van der Waals surface area (Å²) in [4.78, 5) is 96.1. The number of nitrogens with one attached hydrogen (secondary N) is 7. The maximum atomic E-state index is 15.2. The van der Waals surface area contributed by atoms with Gasteiger partial charge >= 0.3 is 5.97 Å². The number of aliphatic carboxylic acids is 1. The number of carbonyl (C=O) groups excluding carboxylic acids is 5. The summed E-state index contributed by atoms with van der Waals surface area (Å²) in [5, 5.41) is 162. The van der Waals surface area contributed by atoms with E-state index < -0.39 is 214 Å². The third kappa shape index (κ3) is 19.3. The number of guanidine groups is 2. The average Bonchev–Trinajstić information content (AvgIpc) is 0.959. The van der Waals surface area contributed by atoms with Crippen molar-refractivity contribution in [2.45, 2.75) is 193 Å². The van der Waals surface area contributed by atoms with Gasteiger partial charge in [0.2, 0.25) is 41.8 Å². The van der Waals surface area contributed by atoms with Gasteiger partial charge in [-0.3, -0.25) is 34.4 Å². The molecule has 0 bridgehead atoms. The van der Waals surface area contributed by atoms with Crippen LogP contribution in [0.3, 0.4) is 0 Å². The lowest BCUT2D eigenvalue weighted by Crippen LogP contribution is -2.67. The van der Waals surface area contributed by atoms with E-state index in [4.69, 9.17) is 50.0 Å². The zero-order valence-corrected chi connectivity index (χ0v) is 52.9. The minimum absolute atomic E-state index is 0.0822. The number of aryl methyl sites for hydroxylation is 1. The minimum Gasteiger partial charge on any atom is -0.480 e. The van der Waals surface area contributed by atoms with Gasteiger partial charge in [-0.05, 0) is 54.5 Å². The third-order valence-electron chi connectivity index (χ3n) is 17.4. The van der Waals surface area contributed by atoms with Gasteiger partial charge in [-0.2, -0.15) is 0 Å². The van der Waals surface area contributed by atoms with E-state index in [1.807, 2.05) is 5.32 Å². The van der Waals surface area contributed by atoms with E-state index in [1.165, 1.54) is 24.3 Å². The second-order valence-electron chi connectivity index (χ2n) is 24.4. The number of ether oxygens (including phenoxy) is 7. The van der Waals surface area contributed by atoms with Gasteiger partial charge in [0.25, 0.3) is 0 Å². The number of carboxylic acid groups (broad SMARTS) is 1. The molecule has 6 aliphatic rings. The van der Waals surface area contributed by atoms with Gasteiger partial charge in [0.15, 0.2) is 24.8 Å². The fourth-order valence-corrected chi connectivity index (χ4v) is 11.7. The van der Waals surface area contributed by atoms with Gasteiger partial charge in [0, 0.05) is 19.4 Å². The van der Waals surface area contributed by atoms with Crippen LogP contribution in [0.2, 0.25) is 0 Å². The van der Waals surface area contributed by atoms with E-state index in [0.717, 1.165) is 38.3 Å². The van der Waals surface area contributed by atoms with Gasteiger partial charge in [-0.25, -0.2) is 14.8 Å². The molecular weight excluding hydrogens is 1300 g/mol. The van der Waals surface area contributed by atoms with E-state index in [2.05, 4.69) is 41.6 Å². The van der Waals surface area contributed by atoms with Crippen molar-refractivity contribution in [1.29, 1.82) is 5.41 Å². The molecule has 38 heteroatoms. The lowest BCUT2D eigenvalue weighted by atomic mass is 9.90. The first kappa shape index (κ1) is 76.3. The number of carbonyl (C=O) groups is 6. The number of aliphatic imine (C=N–C) groups is 3. The summed E-state index contributed by atoms with van der Waals surface area (Å²) in [7, 11) is 0. The second-order valence-corrected chi connectivity index (χ2v) is 24.4. The lowest BCUT2D eigenvalue weighted by Gasteiger charge is -2.46. The van der Waals surface area contributed by atoms with Crippen LogP contribution in [0.5, 0.6) is 5.75 Å². The fourth-order valence-electron chi connectivity index (χ4n) is 11.7. The maximum absolute atomic E-state index is 15.2. The molecule has 2 aromatic carbocycles. The first-order valence-corrected chi connectivity index (χ1v) is 31.6. The topological polar surface area (TPSA) is 615 Å². The quantitative estimate of drug-likeness (QED) is 0.0333. The Kier molecular flexibility index (Phi) is 27.3. The largest absolute Gasteiger partial charge is 0.480 e. The number of aliphatic hydroxyl groups excluding tert-OH is 12. The van der Waals surface area contributed by atoms with Crippen molar-refractivity contribution in [3.63, 3.8) is 0 Å². The number of nitrogens with zero attached hydrogens (tertiary/aromatic N) is 3. The molecule has 8 rings (SSSR count). The Balaban J connectivity index is 1.08. The predicted octanol–water partition coefficient (Wildman–Crippen LogP) is -9.90. The van der Waals surface area contributed by atoms with E-state index in [9.17, 15) is 85.6 Å². The molecule has 5 heterocycles. The number of hydrogen-bond acceptors (Lipinski definition) is 30. The molecule has 23 atom stereocenters. The molecule has 5 aliphatic heterocycles. The molecule has 1 saturated carbocycles. The number of hydrogen-bond donors (Lipinski definition) is 22. The highest BCUT2D eigenvalue weighted by Crippen LogP contribution is 2.32. The summed E-state index contributed by atoms with van der Waals surface area (Å²) in [6.07, 6.45) is -27.4. The van der Waals surface area contributed by atoms with Crippen LogP contribution in [-0.4, -0.2) is 306 Å². The molecule has 98 heavy (non-hydrogen) atoms. The van der Waals surface area contributed by atoms with Crippen molar-refractivity contribution in [2.24, 2.45) is 32.4 Å². The molecule has 0 spiro atoms. The molecule has 5 amide bonds. The molecule has 38 nitrogen and oxygen atoms in total. The molecule has 2 aromatic rings. The van der Waals surface area contributed by atoms with Crippen LogP contribution in [-0.2, 0) is 70.0 Å². The standard InChI is InChI=1S/C60H86N12O26/c1-24-7-5-6-10-27(24)16-30(66-36(75)17-61)50(85)67-29(15-25-11-13-28(14-12-25)93-58-47(84)49(41(78)34(21-74)94-58)97-56-45(82)42(79)40(77)35(95-56)23-92-22-26-8-3-2-4-9-26)51(86)71-37(39(76)31-18-64-59(62)69-31)52(87)72-38(53(88)68-33(20-73)54(89)90)48(32-19-65-60(63)70-32)96-57-46(83)43(80)44(81)55(91)98-57/h5-7,10-14,19,26,29-31,33-35,37-49,55-58,63,73-74,76-84,91H,2-4,8-9,15-18,20-23,61H2,1H3,(H,66,75)(H,67,85)(H,68,88)(H,71,86)(H,72,87)(H,89,90)(H3,62,64,69)/t29-,30-,31?,33-,34?,35+,37-,38-,39?,40?,41?,42?,43?,44?,45?,46?,47?,48?,49?,55?,56?,57?,58?/m0/s1. The molecule has 3 saturated heterocycles. The summed E-state index contributed by atoms with van der Waals surface area (Å²) in [5.74, 6) is -8.77. The monoisotopic (exact) mass is 1390 g/mol. The van der Waals surface area contributed by atoms with Crippen LogP contribution in [0, 0.1) is 18.3 Å². The van der Waals surface area contributed by atoms with Gasteiger partial charge in [-0.1, -0.05) is 55.7 Å². The molecular formula is C60H86N12O26. The number of benzene rings is 2. The van der Waals surface area contributed by atoms with Gasteiger partial charge in [0.05, 0.1) is 50.9 Å². The van der Waals surface area contributed by atoms with Gasteiger partial charge in [-0.15, -0.1) is 0 Å². The highest BCUT2D eigenvalue weighted by atomic mass is 16.8. The molecule has 17 unspecified atom stereocenters. The SMILES string of the molecule is Cc1ccccc1C[C@H](NC(=O)CN)C(=O)N[C@@H](Cc1ccc(OC2OC(CO)C(O)C(OC3O[C@H](COCC4CCCCC4)C(O)C(O)C3O)C2O)cc1)C(=O)N[C@H](C(=O)N[C@H](C(=O)N[C@@H](CO)C(=O)O)C(OC1OC(O)C(O)C(O)C1O)C1=NC(=N)N=C1)C(O)C1CN=C(N)N1. The summed E-state index contributed by atoms with van der Waals surface area (Å²) in [6, 6.07) is 0.647. The van der Waals surface area contributed by atoms with Gasteiger partial charge in [0.1, 0.15) is 115 Å². The first-order chi connectivity index (χ1) is 46.7. The van der Waals surface area contributed by atoms with Crippen LogP contribution in [0.1, 0.15) is 48.8 Å². The molecule has 0 aromatic heterocycles. The average molecular weight is 1390 g/mol. The highest BCUT2D eigenvalue weighted by molar-refractivity contribution is 6.40. The lowest BCUT2D eigenvalue weighted by molar-refractivity contribution is -0.353. The van der Waals surface area contributed by atoms with Crippen molar-refractivity contribution < 1.29 is 128 Å². The summed E-state index contributed by atoms with van der Waals surface area (Å²) < 4.78 is 40.4. The van der Waals surface area contributed by atoms with E-state index in [-0.39, 0.29) is 42.8 Å². The van der Waals surface area contributed by atoms with E-state index >= 15 is 9.59 Å². The first-order valence-electron chi connectivity index (χ1n) is 31.6. The minimum atomic E-state index is -2.42. The smallest absolute Gasteiger partial charge is 0.328 e. The Labute approximate surface area is 558 Å². The van der Waals surface area contributed by atoms with Gasteiger partial charge < -0.3 is 143 Å². The zero-order valence-electron chi connectivity index (χ0n) is 52.9. The van der Waals surface area contributed by atoms with Crippen LogP contribution >= 0.6 is 0 Å². The van der Waals surface area contributed by atoms with Crippen molar-refractivity contribution in [2.75, 3.05) is 39.5 Å². The molecule has 24 N–H and O–H groups in total. The van der Waals surface area contributed by atoms with E-state index in [0.29, 0.717) is 17.7 Å². The fraction of sp³-hybridized carbons (Fsp3) is 0.633. The predicted molar refractivity (Wildman–Crippen MR) is 333 cm³/mol. The van der Waals surface area contributed by atoms with E-state index in [1.54, 1.807) is 31.2 Å². The Bertz CT molecular complexity index is 3170. The Morgan fingerprint density at radius 2 is 1.33 bits per heavy atom. The number of rotatable bonds is 31. The maximum Gasteiger partial charge on any atom is 0.328 e. The number of carboxylic acids is 1. The van der Waals surface area contributed by atoms with Crippen molar-refractivity contribution in [3.05, 3.63) is 65.2 Å². The summed E-state index contributed by atoms with van der Waals surface area (Å²) in [5.41, 5.74) is 12.5. The van der Waals surface area contributed by atoms with Crippen LogP contribution in [0.15, 0.2) is 63.5 Å². The second kappa shape index (κ2) is 35.1. The summed E-state index contributed by atoms with van der Waals surface area (Å²) in [6.45, 7) is -1.18. The molecule has 542 valence electrons. The number of nitrogens with two attached hydrogens (primary N) is 2. The summed E-state index contributed by atoms with van der Waals surface area (Å²) >= 11 is 0.